The lowest BCUT2D eigenvalue weighted by Crippen LogP contribution is -2.60. The number of aliphatic hydroxyl groups is 1. The van der Waals surface area contributed by atoms with Crippen molar-refractivity contribution < 1.29 is 14.6 Å². The van der Waals surface area contributed by atoms with Gasteiger partial charge in [-0.3, -0.25) is 4.79 Å². The zero-order valence-electron chi connectivity index (χ0n) is 13.2. The van der Waals surface area contributed by atoms with Crippen molar-refractivity contribution in [2.75, 3.05) is 33.2 Å². The summed E-state index contributed by atoms with van der Waals surface area (Å²) in [6.07, 6.45) is 0.217. The molecule has 0 saturated carbocycles. The number of carbonyl (C=O) groups excluding carboxylic acids is 1. The van der Waals surface area contributed by atoms with Gasteiger partial charge in [-0.2, -0.15) is 0 Å². The number of hydrogen-bond acceptors (Lipinski definition) is 4. The van der Waals surface area contributed by atoms with E-state index in [9.17, 15) is 9.90 Å². The Morgan fingerprint density at radius 1 is 1.32 bits per heavy atom. The van der Waals surface area contributed by atoms with Crippen molar-refractivity contribution >= 4 is 5.91 Å². The largest absolute Gasteiger partial charge is 0.487 e. The number of rotatable bonds is 3. The number of amides is 1. The molecule has 22 heavy (non-hydrogen) atoms. The highest BCUT2D eigenvalue weighted by Crippen LogP contribution is 2.24. The summed E-state index contributed by atoms with van der Waals surface area (Å²) >= 11 is 0. The Labute approximate surface area is 131 Å². The third-order valence-corrected chi connectivity index (χ3v) is 4.55. The Kier molecular flexibility index (Phi) is 4.36. The SMILES string of the molecule is Cc1cccc(OC2CN(C(=O)[C@@H]3CN(C)CC[C@@H]3O)C2)c1. The van der Waals surface area contributed by atoms with Gasteiger partial charge in [-0.05, 0) is 38.1 Å². The van der Waals surface area contributed by atoms with Crippen molar-refractivity contribution in [3.8, 4) is 5.75 Å². The summed E-state index contributed by atoms with van der Waals surface area (Å²) in [7, 11) is 1.99. The van der Waals surface area contributed by atoms with Crippen molar-refractivity contribution in [2.24, 2.45) is 5.92 Å². The minimum Gasteiger partial charge on any atom is -0.487 e. The normalized spacial score (nSPS) is 26.6. The van der Waals surface area contributed by atoms with E-state index in [-0.39, 0.29) is 17.9 Å². The fraction of sp³-hybridized carbons (Fsp3) is 0.588. The topological polar surface area (TPSA) is 53.0 Å². The molecular weight excluding hydrogens is 280 g/mol. The number of carbonyl (C=O) groups is 1. The standard InChI is InChI=1S/C17H24N2O3/c1-12-4-3-5-13(8-12)22-14-9-19(10-14)17(21)15-11-18(2)7-6-16(15)20/h3-5,8,14-16,20H,6-7,9-11H2,1-2H3/t15-,16+/m1/s1. The minimum atomic E-state index is -0.513. The number of piperidine rings is 1. The predicted molar refractivity (Wildman–Crippen MR) is 83.8 cm³/mol. The molecule has 3 rings (SSSR count). The molecule has 2 atom stereocenters. The molecule has 5 heteroatoms. The summed E-state index contributed by atoms with van der Waals surface area (Å²) in [6, 6.07) is 7.95. The maximum Gasteiger partial charge on any atom is 0.229 e. The Morgan fingerprint density at radius 3 is 2.82 bits per heavy atom. The van der Waals surface area contributed by atoms with Crippen LogP contribution < -0.4 is 4.74 Å². The molecular formula is C17H24N2O3. The third kappa shape index (κ3) is 3.25. The molecule has 0 spiro atoms. The van der Waals surface area contributed by atoms with E-state index in [0.29, 0.717) is 26.1 Å². The van der Waals surface area contributed by atoms with Crippen LogP contribution in [0.25, 0.3) is 0 Å². The Hall–Kier alpha value is -1.59. The van der Waals surface area contributed by atoms with Gasteiger partial charge in [0.2, 0.25) is 5.91 Å². The van der Waals surface area contributed by atoms with Crippen LogP contribution in [0.15, 0.2) is 24.3 Å². The second-order valence-corrected chi connectivity index (χ2v) is 6.52. The van der Waals surface area contributed by atoms with Crippen LogP contribution in [-0.2, 0) is 4.79 Å². The summed E-state index contributed by atoms with van der Waals surface area (Å²) in [5.74, 6) is 0.622. The molecule has 0 bridgehead atoms. The molecule has 1 aromatic carbocycles. The van der Waals surface area contributed by atoms with Gasteiger partial charge in [0.25, 0.3) is 0 Å². The molecule has 1 amide bonds. The van der Waals surface area contributed by atoms with Crippen molar-refractivity contribution in [2.45, 2.75) is 25.6 Å². The minimum absolute atomic E-state index is 0.0585. The molecule has 2 saturated heterocycles. The number of aliphatic hydroxyl groups excluding tert-OH is 1. The summed E-state index contributed by atoms with van der Waals surface area (Å²) < 4.78 is 5.88. The molecule has 0 aliphatic carbocycles. The number of aryl methyl sites for hydroxylation is 1. The summed E-state index contributed by atoms with van der Waals surface area (Å²) in [6.45, 7) is 4.74. The molecule has 1 aromatic rings. The second-order valence-electron chi connectivity index (χ2n) is 6.52. The van der Waals surface area contributed by atoms with Crippen LogP contribution in [0.5, 0.6) is 5.75 Å². The quantitative estimate of drug-likeness (QED) is 0.901. The van der Waals surface area contributed by atoms with E-state index in [0.717, 1.165) is 17.9 Å². The van der Waals surface area contributed by atoms with E-state index in [4.69, 9.17) is 4.74 Å². The lowest BCUT2D eigenvalue weighted by Gasteiger charge is -2.43. The highest BCUT2D eigenvalue weighted by Gasteiger charge is 2.40. The molecule has 120 valence electrons. The Balaban J connectivity index is 1.51. The highest BCUT2D eigenvalue weighted by atomic mass is 16.5. The van der Waals surface area contributed by atoms with Crippen molar-refractivity contribution in [3.05, 3.63) is 29.8 Å². The average molecular weight is 304 g/mol. The van der Waals surface area contributed by atoms with E-state index in [1.807, 2.05) is 38.2 Å². The summed E-state index contributed by atoms with van der Waals surface area (Å²) in [4.78, 5) is 16.4. The summed E-state index contributed by atoms with van der Waals surface area (Å²) in [5, 5.41) is 10.1. The van der Waals surface area contributed by atoms with Crippen LogP contribution in [0.3, 0.4) is 0 Å². The van der Waals surface area contributed by atoms with Gasteiger partial charge >= 0.3 is 0 Å². The highest BCUT2D eigenvalue weighted by molar-refractivity contribution is 5.80. The van der Waals surface area contributed by atoms with Crippen LogP contribution in [-0.4, -0.2) is 66.2 Å². The maximum absolute atomic E-state index is 12.5. The average Bonchev–Trinajstić information content (AvgIpc) is 2.44. The maximum atomic E-state index is 12.5. The first-order valence-electron chi connectivity index (χ1n) is 7.91. The zero-order valence-corrected chi connectivity index (χ0v) is 13.2. The predicted octanol–water partition coefficient (Wildman–Crippen LogP) is 0.897. The lowest BCUT2D eigenvalue weighted by atomic mass is 9.92. The number of nitrogens with zero attached hydrogens (tertiary/aromatic N) is 2. The van der Waals surface area contributed by atoms with Crippen molar-refractivity contribution in [1.82, 2.24) is 9.80 Å². The van der Waals surface area contributed by atoms with Gasteiger partial charge in [0.15, 0.2) is 0 Å². The van der Waals surface area contributed by atoms with Crippen LogP contribution in [0.1, 0.15) is 12.0 Å². The van der Waals surface area contributed by atoms with Gasteiger partial charge in [0.05, 0.1) is 25.1 Å². The molecule has 0 radical (unpaired) electrons. The second kappa shape index (κ2) is 6.26. The molecule has 2 heterocycles. The van der Waals surface area contributed by atoms with Gasteiger partial charge in [0, 0.05) is 13.1 Å². The first-order valence-corrected chi connectivity index (χ1v) is 7.91. The number of likely N-dealkylation sites (tertiary alicyclic amines) is 2. The first-order chi connectivity index (χ1) is 10.5. The van der Waals surface area contributed by atoms with Gasteiger partial charge in [0.1, 0.15) is 11.9 Å². The lowest BCUT2D eigenvalue weighted by molar-refractivity contribution is -0.151. The van der Waals surface area contributed by atoms with E-state index in [1.165, 1.54) is 0 Å². The van der Waals surface area contributed by atoms with Crippen molar-refractivity contribution in [1.29, 1.82) is 0 Å². The molecule has 5 nitrogen and oxygen atoms in total. The molecule has 0 unspecified atom stereocenters. The molecule has 2 fully saturated rings. The number of benzene rings is 1. The fourth-order valence-corrected chi connectivity index (χ4v) is 3.15. The van der Waals surface area contributed by atoms with Gasteiger partial charge in [-0.15, -0.1) is 0 Å². The third-order valence-electron chi connectivity index (χ3n) is 4.55. The van der Waals surface area contributed by atoms with Gasteiger partial charge in [-0.1, -0.05) is 12.1 Å². The van der Waals surface area contributed by atoms with Crippen LogP contribution in [0.4, 0.5) is 0 Å². The van der Waals surface area contributed by atoms with E-state index in [2.05, 4.69) is 4.90 Å². The smallest absolute Gasteiger partial charge is 0.229 e. The molecule has 1 N–H and O–H groups in total. The van der Waals surface area contributed by atoms with E-state index < -0.39 is 6.10 Å². The van der Waals surface area contributed by atoms with E-state index >= 15 is 0 Å². The van der Waals surface area contributed by atoms with Crippen LogP contribution >= 0.6 is 0 Å². The van der Waals surface area contributed by atoms with Gasteiger partial charge in [-0.25, -0.2) is 0 Å². The van der Waals surface area contributed by atoms with Crippen LogP contribution in [0, 0.1) is 12.8 Å². The van der Waals surface area contributed by atoms with Crippen molar-refractivity contribution in [3.63, 3.8) is 0 Å². The number of hydrogen-bond donors (Lipinski definition) is 1. The Morgan fingerprint density at radius 2 is 2.09 bits per heavy atom. The molecule has 0 aromatic heterocycles. The number of ether oxygens (including phenoxy) is 1. The van der Waals surface area contributed by atoms with Gasteiger partial charge < -0.3 is 19.6 Å². The fourth-order valence-electron chi connectivity index (χ4n) is 3.15. The van der Waals surface area contributed by atoms with Crippen LogP contribution in [0.2, 0.25) is 0 Å². The molecule has 2 aliphatic rings. The zero-order chi connectivity index (χ0) is 15.7. The van der Waals surface area contributed by atoms with E-state index in [1.54, 1.807) is 4.90 Å². The molecule has 2 aliphatic heterocycles. The summed E-state index contributed by atoms with van der Waals surface area (Å²) in [5.41, 5.74) is 1.16. The monoisotopic (exact) mass is 304 g/mol. The Bertz CT molecular complexity index is 542. The first kappa shape index (κ1) is 15.3.